The maximum absolute atomic E-state index is 12.0. The summed E-state index contributed by atoms with van der Waals surface area (Å²) in [6, 6.07) is 9.96. The van der Waals surface area contributed by atoms with Crippen LogP contribution in [0.5, 0.6) is 0 Å². The van der Waals surface area contributed by atoms with E-state index in [1.807, 2.05) is 44.2 Å². The number of amides is 1. The Morgan fingerprint density at radius 3 is 2.79 bits per heavy atom. The number of hydrogen-bond donors (Lipinski definition) is 1. The molecule has 1 N–H and O–H groups in total. The first-order valence-electron chi connectivity index (χ1n) is 6.72. The van der Waals surface area contributed by atoms with E-state index in [1.165, 1.54) is 0 Å². The van der Waals surface area contributed by atoms with Gasteiger partial charge in [0.15, 0.2) is 0 Å². The second-order valence-corrected chi connectivity index (χ2v) is 5.02. The molecule has 104 valence electrons. The zero-order chi connectivity index (χ0) is 13.7. The predicted octanol–water partition coefficient (Wildman–Crippen LogP) is 2.41. The second-order valence-electron chi connectivity index (χ2n) is 5.02. The molecular formula is C15H21NO3. The van der Waals surface area contributed by atoms with Crippen molar-refractivity contribution in [1.82, 2.24) is 5.32 Å². The monoisotopic (exact) mass is 263 g/mol. The molecular weight excluding hydrogens is 242 g/mol. The number of hydrogen-bond acceptors (Lipinski definition) is 3. The molecule has 1 amide bonds. The smallest absolute Gasteiger partial charge is 0.223 e. The molecule has 0 radical (unpaired) electrons. The van der Waals surface area contributed by atoms with Gasteiger partial charge in [-0.25, -0.2) is 0 Å². The zero-order valence-electron chi connectivity index (χ0n) is 11.5. The van der Waals surface area contributed by atoms with Crippen LogP contribution in [0, 0.1) is 0 Å². The number of carbonyl (C=O) groups excluding carboxylic acids is 1. The van der Waals surface area contributed by atoms with Crippen molar-refractivity contribution in [3.63, 3.8) is 0 Å². The quantitative estimate of drug-likeness (QED) is 0.907. The van der Waals surface area contributed by atoms with E-state index in [-0.39, 0.29) is 30.9 Å². The van der Waals surface area contributed by atoms with E-state index in [1.54, 1.807) is 0 Å². The first-order chi connectivity index (χ1) is 9.15. The lowest BCUT2D eigenvalue weighted by Gasteiger charge is -2.27. The average Bonchev–Trinajstić information content (AvgIpc) is 2.39. The highest BCUT2D eigenvalue weighted by atomic mass is 16.7. The highest BCUT2D eigenvalue weighted by Crippen LogP contribution is 2.17. The van der Waals surface area contributed by atoms with Crippen LogP contribution in [0.4, 0.5) is 0 Å². The summed E-state index contributed by atoms with van der Waals surface area (Å²) in [5.41, 5.74) is 1.11. The SMILES string of the molecule is C[C@H](NC(=O)C[C@H]1C[C@H](C)OCO1)c1ccccc1. The molecule has 2 rings (SSSR count). The van der Waals surface area contributed by atoms with Gasteiger partial charge in [0.2, 0.25) is 5.91 Å². The molecule has 0 unspecified atom stereocenters. The van der Waals surface area contributed by atoms with E-state index < -0.39 is 0 Å². The van der Waals surface area contributed by atoms with Gasteiger partial charge in [0.1, 0.15) is 6.79 Å². The van der Waals surface area contributed by atoms with Gasteiger partial charge in [-0.15, -0.1) is 0 Å². The number of carbonyl (C=O) groups is 1. The third-order valence-corrected chi connectivity index (χ3v) is 3.34. The zero-order valence-corrected chi connectivity index (χ0v) is 11.5. The number of rotatable bonds is 4. The summed E-state index contributed by atoms with van der Waals surface area (Å²) >= 11 is 0. The minimum atomic E-state index is -0.0354. The molecule has 1 aliphatic heterocycles. The maximum Gasteiger partial charge on any atom is 0.223 e. The van der Waals surface area contributed by atoms with Gasteiger partial charge in [0.05, 0.1) is 24.7 Å². The molecule has 0 bridgehead atoms. The van der Waals surface area contributed by atoms with Gasteiger partial charge in [-0.2, -0.15) is 0 Å². The first kappa shape index (κ1) is 14.0. The fraction of sp³-hybridized carbons (Fsp3) is 0.533. The molecule has 0 spiro atoms. The van der Waals surface area contributed by atoms with Crippen LogP contribution in [-0.2, 0) is 14.3 Å². The molecule has 3 atom stereocenters. The highest BCUT2D eigenvalue weighted by Gasteiger charge is 2.23. The highest BCUT2D eigenvalue weighted by molar-refractivity contribution is 5.76. The summed E-state index contributed by atoms with van der Waals surface area (Å²) in [5.74, 6) is 0.0236. The van der Waals surface area contributed by atoms with Crippen LogP contribution in [0.1, 0.15) is 38.3 Å². The van der Waals surface area contributed by atoms with Crippen LogP contribution < -0.4 is 5.32 Å². The van der Waals surface area contributed by atoms with Crippen LogP contribution in [0.25, 0.3) is 0 Å². The van der Waals surface area contributed by atoms with Gasteiger partial charge < -0.3 is 14.8 Å². The Morgan fingerprint density at radius 1 is 1.37 bits per heavy atom. The molecule has 1 saturated heterocycles. The number of nitrogens with one attached hydrogen (secondary N) is 1. The Hall–Kier alpha value is -1.39. The fourth-order valence-electron chi connectivity index (χ4n) is 2.23. The molecule has 4 heteroatoms. The van der Waals surface area contributed by atoms with Gasteiger partial charge in [0.25, 0.3) is 0 Å². The van der Waals surface area contributed by atoms with Crippen molar-refractivity contribution < 1.29 is 14.3 Å². The molecule has 19 heavy (non-hydrogen) atoms. The summed E-state index contributed by atoms with van der Waals surface area (Å²) in [7, 11) is 0. The van der Waals surface area contributed by atoms with Crippen molar-refractivity contribution in [3.05, 3.63) is 35.9 Å². The lowest BCUT2D eigenvalue weighted by molar-refractivity contribution is -0.173. The molecule has 0 aromatic heterocycles. The summed E-state index contributed by atoms with van der Waals surface area (Å²) in [5, 5.41) is 3.00. The van der Waals surface area contributed by atoms with E-state index in [4.69, 9.17) is 9.47 Å². The van der Waals surface area contributed by atoms with Crippen molar-refractivity contribution >= 4 is 5.91 Å². The van der Waals surface area contributed by atoms with Gasteiger partial charge in [0, 0.05) is 6.42 Å². The molecule has 1 aromatic carbocycles. The standard InChI is InChI=1S/C15H21NO3/c1-11-8-14(19-10-18-11)9-15(17)16-12(2)13-6-4-3-5-7-13/h3-7,11-12,14H,8-10H2,1-2H3,(H,16,17)/t11-,12-,14+/m0/s1. The Balaban J connectivity index is 1.81. The van der Waals surface area contributed by atoms with E-state index in [0.717, 1.165) is 12.0 Å². The largest absolute Gasteiger partial charge is 0.352 e. The Bertz CT molecular complexity index is 407. The minimum Gasteiger partial charge on any atom is -0.352 e. The Kier molecular flexibility index (Phi) is 4.93. The molecule has 4 nitrogen and oxygen atoms in total. The van der Waals surface area contributed by atoms with E-state index in [9.17, 15) is 4.79 Å². The van der Waals surface area contributed by atoms with Crippen LogP contribution >= 0.6 is 0 Å². The molecule has 1 aliphatic rings. The van der Waals surface area contributed by atoms with Crippen LogP contribution in [0.3, 0.4) is 0 Å². The third kappa shape index (κ3) is 4.33. The first-order valence-corrected chi connectivity index (χ1v) is 6.72. The molecule has 1 fully saturated rings. The fourth-order valence-corrected chi connectivity index (χ4v) is 2.23. The minimum absolute atomic E-state index is 0.0194. The van der Waals surface area contributed by atoms with Crippen LogP contribution in [0.15, 0.2) is 30.3 Å². The Labute approximate surface area is 114 Å². The van der Waals surface area contributed by atoms with Crippen molar-refractivity contribution in [2.24, 2.45) is 0 Å². The van der Waals surface area contributed by atoms with Crippen molar-refractivity contribution in [3.8, 4) is 0 Å². The van der Waals surface area contributed by atoms with Gasteiger partial charge in [-0.3, -0.25) is 4.79 Å². The lowest BCUT2D eigenvalue weighted by Crippen LogP contribution is -2.35. The topological polar surface area (TPSA) is 47.6 Å². The third-order valence-electron chi connectivity index (χ3n) is 3.34. The normalized spacial score (nSPS) is 24.7. The lowest BCUT2D eigenvalue weighted by atomic mass is 10.1. The summed E-state index contributed by atoms with van der Waals surface area (Å²) in [4.78, 5) is 12.0. The number of benzene rings is 1. The van der Waals surface area contributed by atoms with Crippen molar-refractivity contribution in [1.29, 1.82) is 0 Å². The molecule has 1 heterocycles. The van der Waals surface area contributed by atoms with E-state index in [2.05, 4.69) is 5.32 Å². The van der Waals surface area contributed by atoms with Crippen molar-refractivity contribution in [2.75, 3.05) is 6.79 Å². The molecule has 0 saturated carbocycles. The summed E-state index contributed by atoms with van der Waals surface area (Å²) in [6.45, 7) is 4.27. The molecule has 0 aliphatic carbocycles. The maximum atomic E-state index is 12.0. The molecule has 1 aromatic rings. The Morgan fingerprint density at radius 2 is 2.11 bits per heavy atom. The van der Waals surface area contributed by atoms with Gasteiger partial charge >= 0.3 is 0 Å². The van der Waals surface area contributed by atoms with Crippen LogP contribution in [0.2, 0.25) is 0 Å². The summed E-state index contributed by atoms with van der Waals surface area (Å²) in [6.07, 6.45) is 1.29. The summed E-state index contributed by atoms with van der Waals surface area (Å²) < 4.78 is 10.7. The van der Waals surface area contributed by atoms with Gasteiger partial charge in [-0.05, 0) is 19.4 Å². The number of ether oxygens (including phenoxy) is 2. The predicted molar refractivity (Wildman–Crippen MR) is 72.5 cm³/mol. The average molecular weight is 263 g/mol. The van der Waals surface area contributed by atoms with Crippen molar-refractivity contribution in [2.45, 2.75) is 44.9 Å². The van der Waals surface area contributed by atoms with Gasteiger partial charge in [-0.1, -0.05) is 30.3 Å². The van der Waals surface area contributed by atoms with E-state index >= 15 is 0 Å². The van der Waals surface area contributed by atoms with E-state index in [0.29, 0.717) is 6.42 Å². The second kappa shape index (κ2) is 6.68. The van der Waals surface area contributed by atoms with Crippen LogP contribution in [-0.4, -0.2) is 24.9 Å².